The van der Waals surface area contributed by atoms with Gasteiger partial charge in [-0.05, 0) is 78.0 Å². The zero-order chi connectivity index (χ0) is 34.8. The molecule has 0 aromatic carbocycles. The molecule has 0 unspecified atom stereocenters. The molecule has 4 heterocycles. The van der Waals surface area contributed by atoms with Gasteiger partial charge >= 0.3 is 5.97 Å². The number of hydrogen-bond acceptors (Lipinski definition) is 10. The minimum atomic E-state index is -0.457. The Kier molecular flexibility index (Phi) is 14.3. The standard InChI is InChI=1S/C38H60N4O7/c1-26-22-29-23-37(45-25-30-24-42(40-39-30)31-15-11-7-8-12-16-31)49-38(29)34(44-6)19-20-35(43)46-27(2)14-10-9-13-17-33(26)48-36-21-18-32(41(4)5)28(3)47-36/h9-10,13,17,19,24,26-29,31-33,36-38H,7-8,11-12,14-16,18,20-23,25H2,1-6H3/b10-9+,17-13+,34-19-/t26-,27-,28-,29-,32+,33+,36+,37-,38-/m1/s1. The van der Waals surface area contributed by atoms with E-state index >= 15 is 0 Å². The summed E-state index contributed by atoms with van der Waals surface area (Å²) in [6.45, 7) is 6.57. The number of aromatic nitrogens is 3. The number of cyclic esters (lactones) is 1. The van der Waals surface area contributed by atoms with E-state index in [1.165, 1.54) is 25.7 Å². The number of rotatable bonds is 8. The van der Waals surface area contributed by atoms with Crippen LogP contribution in [0.4, 0.5) is 0 Å². The van der Waals surface area contributed by atoms with Gasteiger partial charge in [-0.1, -0.05) is 62.1 Å². The van der Waals surface area contributed by atoms with Crippen molar-refractivity contribution in [2.45, 2.75) is 154 Å². The molecule has 0 bridgehead atoms. The van der Waals surface area contributed by atoms with Crippen molar-refractivity contribution in [2.75, 3.05) is 21.2 Å². The summed E-state index contributed by atoms with van der Waals surface area (Å²) >= 11 is 0. The van der Waals surface area contributed by atoms with Crippen LogP contribution in [-0.4, -0.2) is 90.1 Å². The normalized spacial score (nSPS) is 36.7. The largest absolute Gasteiger partial charge is 0.499 e. The van der Waals surface area contributed by atoms with E-state index in [1.807, 2.05) is 36.0 Å². The van der Waals surface area contributed by atoms with Crippen LogP contribution < -0.4 is 0 Å². The zero-order valence-corrected chi connectivity index (χ0v) is 30.6. The quantitative estimate of drug-likeness (QED) is 0.218. The molecule has 3 aliphatic heterocycles. The molecule has 11 nitrogen and oxygen atoms in total. The first kappa shape index (κ1) is 37.7. The molecule has 1 aliphatic carbocycles. The molecule has 0 amide bonds. The molecule has 274 valence electrons. The summed E-state index contributed by atoms with van der Waals surface area (Å²) in [5.41, 5.74) is 0.802. The molecule has 1 aromatic heterocycles. The van der Waals surface area contributed by atoms with Gasteiger partial charge in [0.1, 0.15) is 23.7 Å². The molecule has 11 heteroatoms. The van der Waals surface area contributed by atoms with Crippen LogP contribution in [0.1, 0.15) is 110 Å². The van der Waals surface area contributed by atoms with Gasteiger partial charge in [0.25, 0.3) is 0 Å². The Morgan fingerprint density at radius 2 is 1.78 bits per heavy atom. The van der Waals surface area contributed by atoms with E-state index < -0.39 is 6.29 Å². The number of allylic oxidation sites excluding steroid dienone is 2. The Morgan fingerprint density at radius 3 is 2.51 bits per heavy atom. The minimum absolute atomic E-state index is 0.0649. The smallest absolute Gasteiger partial charge is 0.310 e. The maximum absolute atomic E-state index is 12.7. The lowest BCUT2D eigenvalue weighted by molar-refractivity contribution is -0.224. The summed E-state index contributed by atoms with van der Waals surface area (Å²) in [6.07, 6.45) is 22.0. The fourth-order valence-electron chi connectivity index (χ4n) is 7.80. The van der Waals surface area contributed by atoms with Crippen LogP contribution in [0.2, 0.25) is 0 Å². The Labute approximate surface area is 293 Å². The van der Waals surface area contributed by atoms with E-state index in [0.29, 0.717) is 37.3 Å². The van der Waals surface area contributed by atoms with E-state index in [4.69, 9.17) is 28.4 Å². The van der Waals surface area contributed by atoms with Crippen LogP contribution >= 0.6 is 0 Å². The third kappa shape index (κ3) is 11.0. The summed E-state index contributed by atoms with van der Waals surface area (Å²) in [5.74, 6) is 0.526. The summed E-state index contributed by atoms with van der Waals surface area (Å²) in [6, 6.07) is 0.782. The van der Waals surface area contributed by atoms with Crippen molar-refractivity contribution in [1.82, 2.24) is 19.9 Å². The van der Waals surface area contributed by atoms with Gasteiger partial charge in [-0.25, -0.2) is 4.68 Å². The molecule has 0 spiro atoms. The van der Waals surface area contributed by atoms with E-state index in [-0.39, 0.29) is 54.9 Å². The van der Waals surface area contributed by atoms with E-state index in [0.717, 1.165) is 37.8 Å². The lowest BCUT2D eigenvalue weighted by Gasteiger charge is -2.39. The molecule has 49 heavy (non-hydrogen) atoms. The molecule has 1 saturated carbocycles. The lowest BCUT2D eigenvalue weighted by atomic mass is 9.86. The van der Waals surface area contributed by atoms with Gasteiger partial charge in [-0.2, -0.15) is 0 Å². The number of methoxy groups -OCH3 is 1. The first-order valence-corrected chi connectivity index (χ1v) is 18.6. The second-order valence-electron chi connectivity index (χ2n) is 14.7. The van der Waals surface area contributed by atoms with Gasteiger partial charge in [0.05, 0.1) is 44.6 Å². The highest BCUT2D eigenvalue weighted by molar-refractivity contribution is 5.71. The number of fused-ring (bicyclic) bond motifs is 1. The van der Waals surface area contributed by atoms with Crippen molar-refractivity contribution >= 4 is 5.97 Å². The predicted molar refractivity (Wildman–Crippen MR) is 186 cm³/mol. The van der Waals surface area contributed by atoms with Crippen LogP contribution in [0, 0.1) is 11.8 Å². The Bertz CT molecular complexity index is 1260. The monoisotopic (exact) mass is 684 g/mol. The Morgan fingerprint density at radius 1 is 0.980 bits per heavy atom. The van der Waals surface area contributed by atoms with Crippen LogP contribution in [0.15, 0.2) is 42.3 Å². The van der Waals surface area contributed by atoms with Crippen molar-refractivity contribution < 1.29 is 33.2 Å². The van der Waals surface area contributed by atoms with Gasteiger partial charge in [0.15, 0.2) is 12.6 Å². The van der Waals surface area contributed by atoms with Gasteiger partial charge in [0.2, 0.25) is 0 Å². The van der Waals surface area contributed by atoms with Gasteiger partial charge in [-0.15, -0.1) is 5.10 Å². The van der Waals surface area contributed by atoms with Crippen molar-refractivity contribution in [1.29, 1.82) is 0 Å². The molecular formula is C38H60N4O7. The third-order valence-electron chi connectivity index (χ3n) is 10.5. The Balaban J connectivity index is 1.30. The maximum atomic E-state index is 12.7. The maximum Gasteiger partial charge on any atom is 0.310 e. The van der Waals surface area contributed by atoms with Crippen LogP contribution in [0.5, 0.6) is 0 Å². The highest BCUT2D eigenvalue weighted by atomic mass is 16.7. The second-order valence-corrected chi connectivity index (χ2v) is 14.7. The molecule has 0 radical (unpaired) electrons. The summed E-state index contributed by atoms with van der Waals surface area (Å²) in [5, 5.41) is 8.87. The number of likely N-dealkylation sites (N-methyl/N-ethyl adjacent to an activating group) is 1. The van der Waals surface area contributed by atoms with E-state index in [2.05, 4.69) is 49.2 Å². The summed E-state index contributed by atoms with van der Waals surface area (Å²) < 4.78 is 39.5. The predicted octanol–water partition coefficient (Wildman–Crippen LogP) is 6.66. The highest BCUT2D eigenvalue weighted by Crippen LogP contribution is 2.38. The fourth-order valence-corrected chi connectivity index (χ4v) is 7.80. The van der Waals surface area contributed by atoms with Crippen LogP contribution in [0.3, 0.4) is 0 Å². The number of esters is 1. The number of carbonyl (C=O) groups is 1. The molecule has 2 saturated heterocycles. The van der Waals surface area contributed by atoms with Crippen molar-refractivity contribution in [2.24, 2.45) is 11.8 Å². The van der Waals surface area contributed by atoms with Crippen molar-refractivity contribution in [3.8, 4) is 0 Å². The Hall–Kier alpha value is -2.57. The number of carbonyl (C=O) groups excluding carboxylic acids is 1. The molecule has 5 rings (SSSR count). The molecule has 1 aromatic rings. The SMILES string of the molecule is CO/C1=C\CC(=O)O[C@H](C)C/C=C/C=C/[C@H](O[C@H]2CC[C@H](N(C)C)[C@@H](C)O2)[C@H](C)C[C@@H]2C[C@H](OCc3cn(C4CCCCCC4)nn3)O[C@@H]12. The summed E-state index contributed by atoms with van der Waals surface area (Å²) in [7, 11) is 5.84. The molecule has 4 aliphatic rings. The number of nitrogens with zero attached hydrogens (tertiary/aromatic N) is 4. The van der Waals surface area contributed by atoms with Gasteiger partial charge in [0, 0.05) is 18.9 Å². The average molecular weight is 685 g/mol. The molecule has 3 fully saturated rings. The number of ether oxygens (including phenoxy) is 6. The molecule has 0 N–H and O–H groups in total. The van der Waals surface area contributed by atoms with Crippen LogP contribution in [-0.2, 0) is 39.8 Å². The van der Waals surface area contributed by atoms with Gasteiger partial charge in [-0.3, -0.25) is 4.79 Å². The first-order chi connectivity index (χ1) is 23.7. The topological polar surface area (TPSA) is 106 Å². The average Bonchev–Trinajstić information content (AvgIpc) is 3.60. The molecular weight excluding hydrogens is 624 g/mol. The minimum Gasteiger partial charge on any atom is -0.499 e. The zero-order valence-electron chi connectivity index (χ0n) is 30.6. The van der Waals surface area contributed by atoms with Crippen LogP contribution in [0.25, 0.3) is 0 Å². The van der Waals surface area contributed by atoms with Crippen molar-refractivity contribution in [3.63, 3.8) is 0 Å². The highest BCUT2D eigenvalue weighted by Gasteiger charge is 2.41. The second kappa shape index (κ2) is 18.6. The lowest BCUT2D eigenvalue weighted by Crippen LogP contribution is -2.46. The van der Waals surface area contributed by atoms with E-state index in [9.17, 15) is 4.79 Å². The van der Waals surface area contributed by atoms with E-state index in [1.54, 1.807) is 13.2 Å². The fraction of sp³-hybridized carbons (Fsp3) is 0.763. The summed E-state index contributed by atoms with van der Waals surface area (Å²) in [4.78, 5) is 14.9. The third-order valence-corrected chi connectivity index (χ3v) is 10.5. The number of hydrogen-bond donors (Lipinski definition) is 0. The molecule has 9 atom stereocenters. The van der Waals surface area contributed by atoms with Crippen molar-refractivity contribution in [3.05, 3.63) is 48.0 Å². The first-order valence-electron chi connectivity index (χ1n) is 18.6. The van der Waals surface area contributed by atoms with Gasteiger partial charge < -0.3 is 33.3 Å².